The number of aliphatic hydroxyl groups is 1. The molecule has 1 aliphatic rings. The summed E-state index contributed by atoms with van der Waals surface area (Å²) in [6.07, 6.45) is 7.42. The van der Waals surface area contributed by atoms with Crippen molar-refractivity contribution >= 4 is 28.6 Å². The van der Waals surface area contributed by atoms with Crippen LogP contribution >= 0.6 is 11.8 Å². The molecule has 1 fully saturated rings. The van der Waals surface area contributed by atoms with Crippen LogP contribution in [0.15, 0.2) is 18.7 Å². The van der Waals surface area contributed by atoms with Gasteiger partial charge in [0.05, 0.1) is 17.3 Å². The lowest BCUT2D eigenvalue weighted by atomic mass is 10.1. The maximum atomic E-state index is 10.5. The van der Waals surface area contributed by atoms with Crippen molar-refractivity contribution in [2.24, 2.45) is 5.92 Å². The molecule has 156 valence electrons. The fourth-order valence-corrected chi connectivity index (χ4v) is 4.85. The highest BCUT2D eigenvalue weighted by molar-refractivity contribution is 7.98. The molecule has 0 bridgehead atoms. The van der Waals surface area contributed by atoms with Crippen molar-refractivity contribution in [3.05, 3.63) is 30.0 Å². The number of nitrogens with one attached hydrogen (secondary N) is 1. The first-order valence-corrected chi connectivity index (χ1v) is 11.2. The maximum Gasteiger partial charge on any atom is 0.151 e. The van der Waals surface area contributed by atoms with Gasteiger partial charge in [0.1, 0.15) is 11.8 Å². The molecule has 1 aliphatic heterocycles. The van der Waals surface area contributed by atoms with Crippen molar-refractivity contribution in [3.8, 4) is 0 Å². The van der Waals surface area contributed by atoms with Crippen molar-refractivity contribution in [1.82, 2.24) is 34.8 Å². The van der Waals surface area contributed by atoms with E-state index in [0.29, 0.717) is 12.4 Å². The first-order chi connectivity index (χ1) is 14.1. The summed E-state index contributed by atoms with van der Waals surface area (Å²) in [5.74, 6) is 2.44. The SMILES string of the molecule is CCCCn1cc(CSC[C@H]2CN(Cc3c[nH]c4c(N)ncnc34)C[C@@H]2O)nn1. The smallest absolute Gasteiger partial charge is 0.151 e. The predicted octanol–water partition coefficient (Wildman–Crippen LogP) is 1.66. The topological polar surface area (TPSA) is 122 Å². The van der Waals surface area contributed by atoms with Gasteiger partial charge < -0.3 is 15.8 Å². The number of hydrogen-bond donors (Lipinski definition) is 3. The van der Waals surface area contributed by atoms with Gasteiger partial charge in [-0.1, -0.05) is 18.6 Å². The number of unbranched alkanes of at least 4 members (excludes halogenated alkanes) is 1. The molecule has 10 heteroatoms. The predicted molar refractivity (Wildman–Crippen MR) is 114 cm³/mol. The van der Waals surface area contributed by atoms with E-state index >= 15 is 0 Å². The summed E-state index contributed by atoms with van der Waals surface area (Å²) in [6.45, 7) is 5.37. The van der Waals surface area contributed by atoms with Gasteiger partial charge in [-0.15, -0.1) is 5.10 Å². The van der Waals surface area contributed by atoms with E-state index < -0.39 is 0 Å². The number of nitrogens with zero attached hydrogens (tertiary/aromatic N) is 6. The monoisotopic (exact) mass is 416 g/mol. The van der Waals surface area contributed by atoms with Crippen molar-refractivity contribution in [1.29, 1.82) is 0 Å². The quantitative estimate of drug-likeness (QED) is 0.481. The van der Waals surface area contributed by atoms with Crippen LogP contribution in [0.3, 0.4) is 0 Å². The van der Waals surface area contributed by atoms with Gasteiger partial charge in [0.2, 0.25) is 0 Å². The first-order valence-electron chi connectivity index (χ1n) is 10.1. The van der Waals surface area contributed by atoms with Gasteiger partial charge in [0, 0.05) is 61.6 Å². The molecule has 2 atom stereocenters. The van der Waals surface area contributed by atoms with Crippen LogP contribution in [0.1, 0.15) is 31.0 Å². The van der Waals surface area contributed by atoms with E-state index in [0.717, 1.165) is 66.3 Å². The van der Waals surface area contributed by atoms with Crippen LogP contribution < -0.4 is 5.73 Å². The third-order valence-electron chi connectivity index (χ3n) is 5.36. The van der Waals surface area contributed by atoms with E-state index in [-0.39, 0.29) is 12.0 Å². The van der Waals surface area contributed by atoms with Crippen LogP contribution in [0.4, 0.5) is 5.82 Å². The van der Waals surface area contributed by atoms with Crippen molar-refractivity contribution in [2.45, 2.75) is 44.7 Å². The molecule has 3 aromatic rings. The second-order valence-corrected chi connectivity index (χ2v) is 8.69. The molecule has 4 N–H and O–H groups in total. The van der Waals surface area contributed by atoms with Crippen LogP contribution in [0, 0.1) is 5.92 Å². The summed E-state index contributed by atoms with van der Waals surface area (Å²) in [5.41, 5.74) is 9.62. The van der Waals surface area contributed by atoms with Crippen LogP contribution in [-0.2, 0) is 18.8 Å². The molecule has 0 unspecified atom stereocenters. The molecule has 0 spiro atoms. The average Bonchev–Trinajstić information content (AvgIpc) is 3.41. The number of aromatic amines is 1. The zero-order valence-corrected chi connectivity index (χ0v) is 17.5. The van der Waals surface area contributed by atoms with Gasteiger partial charge in [-0.3, -0.25) is 9.58 Å². The number of aliphatic hydroxyl groups excluding tert-OH is 1. The second-order valence-electron chi connectivity index (χ2n) is 7.66. The fourth-order valence-electron chi connectivity index (χ4n) is 3.76. The number of likely N-dealkylation sites (tertiary alicyclic amines) is 1. The number of rotatable bonds is 9. The minimum atomic E-state index is -0.312. The Balaban J connectivity index is 1.27. The molecular formula is C19H28N8OS. The van der Waals surface area contributed by atoms with E-state index in [9.17, 15) is 5.11 Å². The molecular weight excluding hydrogens is 388 g/mol. The van der Waals surface area contributed by atoms with E-state index in [2.05, 4.69) is 37.1 Å². The van der Waals surface area contributed by atoms with E-state index in [1.807, 2.05) is 28.8 Å². The summed E-state index contributed by atoms with van der Waals surface area (Å²) in [4.78, 5) is 13.8. The van der Waals surface area contributed by atoms with Crippen molar-refractivity contribution in [2.75, 3.05) is 24.6 Å². The Labute approximate surface area is 174 Å². The second kappa shape index (κ2) is 9.10. The highest BCUT2D eigenvalue weighted by atomic mass is 32.2. The zero-order chi connectivity index (χ0) is 20.2. The molecule has 0 radical (unpaired) electrons. The Morgan fingerprint density at radius 1 is 1.34 bits per heavy atom. The van der Waals surface area contributed by atoms with Crippen LogP contribution in [-0.4, -0.2) is 64.9 Å². The largest absolute Gasteiger partial charge is 0.391 e. The maximum absolute atomic E-state index is 10.5. The van der Waals surface area contributed by atoms with Crippen LogP contribution in [0.5, 0.6) is 0 Å². The molecule has 29 heavy (non-hydrogen) atoms. The molecule has 0 amide bonds. The van der Waals surface area contributed by atoms with E-state index in [4.69, 9.17) is 5.73 Å². The number of hydrogen-bond acceptors (Lipinski definition) is 8. The van der Waals surface area contributed by atoms with Crippen LogP contribution in [0.2, 0.25) is 0 Å². The van der Waals surface area contributed by atoms with E-state index in [1.54, 1.807) is 0 Å². The number of nitrogens with two attached hydrogens (primary N) is 1. The van der Waals surface area contributed by atoms with Gasteiger partial charge in [-0.2, -0.15) is 11.8 Å². The zero-order valence-electron chi connectivity index (χ0n) is 16.7. The highest BCUT2D eigenvalue weighted by Crippen LogP contribution is 2.26. The molecule has 0 aromatic carbocycles. The summed E-state index contributed by atoms with van der Waals surface area (Å²) in [5, 5.41) is 18.9. The first kappa shape index (κ1) is 20.1. The van der Waals surface area contributed by atoms with Crippen molar-refractivity contribution < 1.29 is 5.11 Å². The average molecular weight is 417 g/mol. The van der Waals surface area contributed by atoms with Gasteiger partial charge in [-0.05, 0) is 6.42 Å². The minimum absolute atomic E-state index is 0.250. The molecule has 0 aliphatic carbocycles. The third kappa shape index (κ3) is 4.71. The summed E-state index contributed by atoms with van der Waals surface area (Å²) >= 11 is 1.81. The number of β-amino-alcohol motifs (C(OH)–C–C–N with tert-alkyl or cyclic N) is 1. The number of H-pyrrole nitrogens is 1. The van der Waals surface area contributed by atoms with Crippen LogP contribution in [0.25, 0.3) is 11.0 Å². The molecule has 1 saturated heterocycles. The molecule has 4 heterocycles. The number of aromatic nitrogens is 6. The highest BCUT2D eigenvalue weighted by Gasteiger charge is 2.31. The number of anilines is 1. The molecule has 3 aromatic heterocycles. The van der Waals surface area contributed by atoms with E-state index in [1.165, 1.54) is 6.33 Å². The minimum Gasteiger partial charge on any atom is -0.391 e. The summed E-state index contributed by atoms with van der Waals surface area (Å²) in [7, 11) is 0. The van der Waals surface area contributed by atoms with Gasteiger partial charge in [0.25, 0.3) is 0 Å². The Bertz CT molecular complexity index is 941. The lowest BCUT2D eigenvalue weighted by Crippen LogP contribution is -2.21. The van der Waals surface area contributed by atoms with Gasteiger partial charge in [0.15, 0.2) is 5.82 Å². The Hall–Kier alpha value is -2.17. The Kier molecular flexibility index (Phi) is 6.31. The number of fused-ring (bicyclic) bond motifs is 1. The normalized spacial score (nSPS) is 20.1. The lowest BCUT2D eigenvalue weighted by molar-refractivity contribution is 0.149. The Morgan fingerprint density at radius 3 is 3.10 bits per heavy atom. The standard InChI is InChI=1S/C19H28N8OS/c1-2-3-4-27-8-15(24-25-27)11-29-10-14-7-26(9-16(14)28)6-13-5-21-18-17(13)22-12-23-19(18)20/h5,8,12,14,16,21,28H,2-4,6-7,9-11H2,1H3,(H2,20,22,23)/t14-,16+/m1/s1. The molecule has 0 saturated carbocycles. The Morgan fingerprint density at radius 2 is 2.24 bits per heavy atom. The van der Waals surface area contributed by atoms with Gasteiger partial charge >= 0.3 is 0 Å². The number of thioether (sulfide) groups is 1. The van der Waals surface area contributed by atoms with Crippen molar-refractivity contribution in [3.63, 3.8) is 0 Å². The lowest BCUT2D eigenvalue weighted by Gasteiger charge is -2.14. The summed E-state index contributed by atoms with van der Waals surface area (Å²) < 4.78 is 1.92. The fraction of sp³-hybridized carbons (Fsp3) is 0.579. The van der Waals surface area contributed by atoms with Gasteiger partial charge in [-0.25, -0.2) is 9.97 Å². The molecule has 4 rings (SSSR count). The number of nitrogen functional groups attached to an aromatic ring is 1. The summed E-state index contributed by atoms with van der Waals surface area (Å²) in [6, 6.07) is 0. The third-order valence-corrected chi connectivity index (χ3v) is 6.52. The number of aryl methyl sites for hydroxylation is 1. The molecule has 9 nitrogen and oxygen atoms in total.